The first-order valence-corrected chi connectivity index (χ1v) is 6.07. The van der Waals surface area contributed by atoms with Gasteiger partial charge in [0.05, 0.1) is 6.61 Å². The van der Waals surface area contributed by atoms with Crippen molar-refractivity contribution in [3.63, 3.8) is 0 Å². The Morgan fingerprint density at radius 1 is 1.39 bits per heavy atom. The van der Waals surface area contributed by atoms with Crippen molar-refractivity contribution in [2.75, 3.05) is 26.8 Å². The highest BCUT2D eigenvalue weighted by Gasteiger charge is 2.04. The molecule has 0 saturated heterocycles. The smallest absolute Gasteiger partial charge is 0.350 e. The molecule has 18 heavy (non-hydrogen) atoms. The van der Waals surface area contributed by atoms with Crippen LogP contribution < -0.4 is 11.0 Å². The lowest BCUT2D eigenvalue weighted by molar-refractivity contribution is 0.199. The molecule has 0 radical (unpaired) electrons. The SMILES string of the molecule is COCCNCCCn1nc2ccccn2c1=O. The molecule has 0 spiro atoms. The van der Waals surface area contributed by atoms with E-state index in [2.05, 4.69) is 10.4 Å². The number of hydrogen-bond donors (Lipinski definition) is 1. The second-order valence-corrected chi connectivity index (χ2v) is 4.03. The molecule has 0 fully saturated rings. The molecule has 0 atom stereocenters. The molecule has 2 rings (SSSR count). The summed E-state index contributed by atoms with van der Waals surface area (Å²) < 4.78 is 7.99. The van der Waals surface area contributed by atoms with E-state index in [1.165, 1.54) is 4.68 Å². The zero-order valence-corrected chi connectivity index (χ0v) is 10.5. The number of nitrogens with one attached hydrogen (secondary N) is 1. The van der Waals surface area contributed by atoms with Gasteiger partial charge in [-0.2, -0.15) is 0 Å². The zero-order chi connectivity index (χ0) is 12.8. The number of aromatic nitrogens is 3. The Kier molecular flexibility index (Phi) is 4.49. The highest BCUT2D eigenvalue weighted by molar-refractivity contribution is 5.35. The second kappa shape index (κ2) is 6.32. The third-order valence-electron chi connectivity index (χ3n) is 2.69. The van der Waals surface area contributed by atoms with Crippen LogP contribution >= 0.6 is 0 Å². The third-order valence-corrected chi connectivity index (χ3v) is 2.69. The van der Waals surface area contributed by atoms with Crippen LogP contribution in [0.15, 0.2) is 29.2 Å². The minimum atomic E-state index is -0.0810. The summed E-state index contributed by atoms with van der Waals surface area (Å²) in [4.78, 5) is 11.9. The van der Waals surface area contributed by atoms with Crippen LogP contribution in [0.1, 0.15) is 6.42 Å². The summed E-state index contributed by atoms with van der Waals surface area (Å²) in [5.41, 5.74) is 0.609. The van der Waals surface area contributed by atoms with Crippen molar-refractivity contribution >= 4 is 5.65 Å². The van der Waals surface area contributed by atoms with Gasteiger partial charge in [-0.05, 0) is 25.1 Å². The van der Waals surface area contributed by atoms with Gasteiger partial charge >= 0.3 is 5.69 Å². The molecule has 6 nitrogen and oxygen atoms in total. The first-order chi connectivity index (χ1) is 8.83. The molecule has 0 aliphatic carbocycles. The van der Waals surface area contributed by atoms with Crippen LogP contribution in [0.3, 0.4) is 0 Å². The average molecular weight is 250 g/mol. The van der Waals surface area contributed by atoms with Crippen molar-refractivity contribution in [3.05, 3.63) is 34.9 Å². The summed E-state index contributed by atoms with van der Waals surface area (Å²) in [5.74, 6) is 0. The van der Waals surface area contributed by atoms with Crippen LogP contribution in [0.5, 0.6) is 0 Å². The molecule has 1 N–H and O–H groups in total. The average Bonchev–Trinajstić information content (AvgIpc) is 2.71. The fourth-order valence-corrected chi connectivity index (χ4v) is 1.77. The van der Waals surface area contributed by atoms with Crippen LogP contribution in [0, 0.1) is 0 Å². The maximum atomic E-state index is 11.9. The monoisotopic (exact) mass is 250 g/mol. The van der Waals surface area contributed by atoms with Gasteiger partial charge in [0.2, 0.25) is 0 Å². The van der Waals surface area contributed by atoms with Crippen molar-refractivity contribution in [2.45, 2.75) is 13.0 Å². The lowest BCUT2D eigenvalue weighted by atomic mass is 10.4. The summed E-state index contributed by atoms with van der Waals surface area (Å²) in [7, 11) is 1.68. The molecular weight excluding hydrogens is 232 g/mol. The Labute approximate surface area is 105 Å². The van der Waals surface area contributed by atoms with E-state index >= 15 is 0 Å². The van der Waals surface area contributed by atoms with Gasteiger partial charge in [-0.1, -0.05) is 6.07 Å². The van der Waals surface area contributed by atoms with Crippen molar-refractivity contribution < 1.29 is 4.74 Å². The van der Waals surface area contributed by atoms with Crippen LogP contribution in [0.4, 0.5) is 0 Å². The van der Waals surface area contributed by atoms with E-state index < -0.39 is 0 Å². The first kappa shape index (κ1) is 12.8. The molecule has 0 aromatic carbocycles. The van der Waals surface area contributed by atoms with E-state index in [1.54, 1.807) is 17.7 Å². The normalized spacial score (nSPS) is 11.2. The van der Waals surface area contributed by atoms with E-state index in [-0.39, 0.29) is 5.69 Å². The fraction of sp³-hybridized carbons (Fsp3) is 0.500. The molecule has 2 aromatic heterocycles. The molecule has 2 aromatic rings. The predicted molar refractivity (Wildman–Crippen MR) is 68.8 cm³/mol. The van der Waals surface area contributed by atoms with E-state index in [0.717, 1.165) is 19.5 Å². The Morgan fingerprint density at radius 2 is 2.28 bits per heavy atom. The van der Waals surface area contributed by atoms with Gasteiger partial charge in [0.25, 0.3) is 0 Å². The fourth-order valence-electron chi connectivity index (χ4n) is 1.77. The quantitative estimate of drug-likeness (QED) is 0.709. The molecule has 0 amide bonds. The number of rotatable bonds is 7. The highest BCUT2D eigenvalue weighted by atomic mass is 16.5. The van der Waals surface area contributed by atoms with Gasteiger partial charge in [-0.3, -0.25) is 4.40 Å². The molecule has 98 valence electrons. The van der Waals surface area contributed by atoms with Gasteiger partial charge in [0.1, 0.15) is 0 Å². The van der Waals surface area contributed by atoms with E-state index in [4.69, 9.17) is 4.74 Å². The van der Waals surface area contributed by atoms with Gasteiger partial charge in [-0.25, -0.2) is 9.48 Å². The Balaban J connectivity index is 1.88. The van der Waals surface area contributed by atoms with E-state index in [1.807, 2.05) is 18.2 Å². The zero-order valence-electron chi connectivity index (χ0n) is 10.5. The Morgan fingerprint density at radius 3 is 3.06 bits per heavy atom. The molecule has 0 saturated carbocycles. The van der Waals surface area contributed by atoms with Gasteiger partial charge in [0, 0.05) is 26.4 Å². The van der Waals surface area contributed by atoms with Crippen LogP contribution in [-0.4, -0.2) is 41.0 Å². The molecular formula is C12H18N4O2. The number of pyridine rings is 1. The second-order valence-electron chi connectivity index (χ2n) is 4.03. The molecule has 0 unspecified atom stereocenters. The van der Waals surface area contributed by atoms with Crippen LogP contribution in [0.2, 0.25) is 0 Å². The number of fused-ring (bicyclic) bond motifs is 1. The molecule has 0 aliphatic rings. The van der Waals surface area contributed by atoms with Crippen molar-refractivity contribution in [1.29, 1.82) is 0 Å². The molecule has 0 bridgehead atoms. The Bertz CT molecular complexity index is 546. The number of aryl methyl sites for hydroxylation is 1. The lowest BCUT2D eigenvalue weighted by Crippen LogP contribution is -2.25. The molecule has 0 aliphatic heterocycles. The van der Waals surface area contributed by atoms with Crippen molar-refractivity contribution in [2.24, 2.45) is 0 Å². The minimum Gasteiger partial charge on any atom is -0.383 e. The maximum Gasteiger partial charge on any atom is 0.350 e. The van der Waals surface area contributed by atoms with Gasteiger partial charge in [0.15, 0.2) is 5.65 Å². The number of ether oxygens (including phenoxy) is 1. The standard InChI is InChI=1S/C12H18N4O2/c1-18-10-7-13-6-4-9-16-12(17)15-8-3-2-5-11(15)14-16/h2-3,5,8,13H,4,6-7,9-10H2,1H3. The summed E-state index contributed by atoms with van der Waals surface area (Å²) in [6, 6.07) is 5.53. The van der Waals surface area contributed by atoms with Crippen LogP contribution in [0.25, 0.3) is 5.65 Å². The third kappa shape index (κ3) is 2.96. The van der Waals surface area contributed by atoms with E-state index in [0.29, 0.717) is 18.8 Å². The molecule has 6 heteroatoms. The summed E-state index contributed by atoms with van der Waals surface area (Å²) in [5, 5.41) is 7.50. The number of hydrogen-bond acceptors (Lipinski definition) is 4. The molecule has 2 heterocycles. The largest absolute Gasteiger partial charge is 0.383 e. The highest BCUT2D eigenvalue weighted by Crippen LogP contribution is 1.95. The number of nitrogens with zero attached hydrogens (tertiary/aromatic N) is 3. The van der Waals surface area contributed by atoms with Crippen LogP contribution in [-0.2, 0) is 11.3 Å². The van der Waals surface area contributed by atoms with Gasteiger partial charge < -0.3 is 10.1 Å². The van der Waals surface area contributed by atoms with E-state index in [9.17, 15) is 4.79 Å². The summed E-state index contributed by atoms with van der Waals surface area (Å²) in [6.07, 6.45) is 2.60. The van der Waals surface area contributed by atoms with Crippen molar-refractivity contribution in [1.82, 2.24) is 19.5 Å². The number of methoxy groups -OCH3 is 1. The summed E-state index contributed by atoms with van der Waals surface area (Å²) >= 11 is 0. The summed E-state index contributed by atoms with van der Waals surface area (Å²) in [6.45, 7) is 3.01. The lowest BCUT2D eigenvalue weighted by Gasteiger charge is -2.03. The first-order valence-electron chi connectivity index (χ1n) is 6.07. The minimum absolute atomic E-state index is 0.0810. The predicted octanol–water partition coefficient (Wildman–Crippen LogP) is 0.122. The Hall–Kier alpha value is -1.66. The maximum absolute atomic E-state index is 11.9. The topological polar surface area (TPSA) is 60.6 Å². The van der Waals surface area contributed by atoms with Gasteiger partial charge in [-0.15, -0.1) is 5.10 Å². The van der Waals surface area contributed by atoms with Crippen molar-refractivity contribution in [3.8, 4) is 0 Å².